The maximum absolute atomic E-state index is 11.0. The van der Waals surface area contributed by atoms with E-state index < -0.39 is 0 Å². The van der Waals surface area contributed by atoms with E-state index in [1.165, 1.54) is 0 Å². The summed E-state index contributed by atoms with van der Waals surface area (Å²) in [6.45, 7) is 0.596. The number of benzene rings is 1. The summed E-state index contributed by atoms with van der Waals surface area (Å²) >= 11 is 0. The van der Waals surface area contributed by atoms with Crippen molar-refractivity contribution in [3.05, 3.63) is 23.8 Å². The second-order valence-corrected chi connectivity index (χ2v) is 2.83. The van der Waals surface area contributed by atoms with E-state index in [-0.39, 0.29) is 12.5 Å². The van der Waals surface area contributed by atoms with Crippen molar-refractivity contribution in [1.82, 2.24) is 0 Å². The number of hydrogen-bond donors (Lipinski definition) is 2. The van der Waals surface area contributed by atoms with Gasteiger partial charge in [0, 0.05) is 12.1 Å². The van der Waals surface area contributed by atoms with Crippen molar-refractivity contribution in [1.29, 1.82) is 0 Å². The molecule has 0 saturated heterocycles. The number of ether oxygens (including phenoxy) is 1. The van der Waals surface area contributed by atoms with Crippen molar-refractivity contribution in [2.45, 2.75) is 6.54 Å². The average Bonchev–Trinajstić information content (AvgIpc) is 2.17. The van der Waals surface area contributed by atoms with E-state index in [2.05, 4.69) is 5.32 Å². The van der Waals surface area contributed by atoms with Gasteiger partial charge in [0.2, 0.25) is 0 Å². The molecule has 4 heteroatoms. The number of carbonyl (C=O) groups is 1. The molecular weight excluding hydrogens is 168 g/mol. The van der Waals surface area contributed by atoms with Crippen LogP contribution in [0.15, 0.2) is 18.2 Å². The Kier molecular flexibility index (Phi) is 1.90. The van der Waals surface area contributed by atoms with Crippen LogP contribution in [0.1, 0.15) is 5.56 Å². The largest absolute Gasteiger partial charge is 0.423 e. The molecule has 68 valence electrons. The van der Waals surface area contributed by atoms with Gasteiger partial charge in [-0.3, -0.25) is 0 Å². The number of esters is 1. The average molecular weight is 178 g/mol. The Bertz CT molecular complexity index is 335. The van der Waals surface area contributed by atoms with Crippen LogP contribution in [-0.4, -0.2) is 12.5 Å². The summed E-state index contributed by atoms with van der Waals surface area (Å²) in [5.41, 5.74) is 7.18. The molecule has 1 heterocycles. The van der Waals surface area contributed by atoms with Gasteiger partial charge in [0.1, 0.15) is 6.54 Å². The first-order valence-corrected chi connectivity index (χ1v) is 4.08. The molecule has 4 nitrogen and oxygen atoms in total. The van der Waals surface area contributed by atoms with Gasteiger partial charge in [-0.25, -0.2) is 4.79 Å². The van der Waals surface area contributed by atoms with Gasteiger partial charge in [0.05, 0.1) is 5.69 Å². The minimum Gasteiger partial charge on any atom is -0.423 e. The van der Waals surface area contributed by atoms with E-state index >= 15 is 0 Å². The van der Waals surface area contributed by atoms with Crippen molar-refractivity contribution >= 4 is 11.7 Å². The summed E-state index contributed by atoms with van der Waals surface area (Å²) in [6, 6.07) is 5.59. The number of fused-ring (bicyclic) bond motifs is 1. The van der Waals surface area contributed by atoms with Gasteiger partial charge >= 0.3 is 5.97 Å². The first kappa shape index (κ1) is 8.07. The van der Waals surface area contributed by atoms with Crippen LogP contribution in [0.4, 0.5) is 5.69 Å². The minimum atomic E-state index is -0.270. The zero-order valence-corrected chi connectivity index (χ0v) is 7.04. The van der Waals surface area contributed by atoms with Crippen LogP contribution in [0.2, 0.25) is 0 Å². The third-order valence-corrected chi connectivity index (χ3v) is 1.96. The summed E-state index contributed by atoms with van der Waals surface area (Å²) < 4.78 is 5.07. The van der Waals surface area contributed by atoms with Gasteiger partial charge in [-0.15, -0.1) is 0 Å². The summed E-state index contributed by atoms with van der Waals surface area (Å²) in [5.74, 6) is 0.301. The maximum Gasteiger partial charge on any atom is 0.330 e. The zero-order chi connectivity index (χ0) is 9.26. The van der Waals surface area contributed by atoms with Crippen molar-refractivity contribution in [2.24, 2.45) is 5.73 Å². The third kappa shape index (κ3) is 1.36. The molecule has 0 aliphatic carbocycles. The Labute approximate surface area is 75.7 Å². The number of rotatable bonds is 1. The number of para-hydroxylation sites is 1. The first-order chi connectivity index (χ1) is 6.31. The van der Waals surface area contributed by atoms with Gasteiger partial charge in [0.15, 0.2) is 5.75 Å². The predicted octanol–water partition coefficient (Wildman–Crippen LogP) is 0.476. The van der Waals surface area contributed by atoms with Crippen LogP contribution < -0.4 is 15.8 Å². The van der Waals surface area contributed by atoms with E-state index in [1.807, 2.05) is 18.2 Å². The van der Waals surface area contributed by atoms with E-state index in [4.69, 9.17) is 10.5 Å². The molecule has 0 unspecified atom stereocenters. The first-order valence-electron chi connectivity index (χ1n) is 4.08. The second-order valence-electron chi connectivity index (χ2n) is 2.83. The van der Waals surface area contributed by atoms with Crippen molar-refractivity contribution in [2.75, 3.05) is 11.9 Å². The number of nitrogens with two attached hydrogens (primary N) is 1. The minimum absolute atomic E-state index is 0.223. The third-order valence-electron chi connectivity index (χ3n) is 1.96. The van der Waals surface area contributed by atoms with Crippen molar-refractivity contribution in [3.63, 3.8) is 0 Å². The monoisotopic (exact) mass is 178 g/mol. The van der Waals surface area contributed by atoms with Gasteiger partial charge in [-0.1, -0.05) is 12.1 Å². The fourth-order valence-electron chi connectivity index (χ4n) is 1.32. The molecule has 0 fully saturated rings. The normalized spacial score (nSPS) is 14.4. The van der Waals surface area contributed by atoms with Crippen LogP contribution in [0, 0.1) is 0 Å². The highest BCUT2D eigenvalue weighted by Gasteiger charge is 2.18. The standard InChI is InChI=1S/C9H10N2O2/c10-4-6-2-1-3-7-9(6)13-8(12)5-11-7/h1-3,11H,4-5,10H2. The fourth-order valence-corrected chi connectivity index (χ4v) is 1.32. The topological polar surface area (TPSA) is 64.3 Å². The van der Waals surface area contributed by atoms with Crippen LogP contribution in [0.25, 0.3) is 0 Å². The van der Waals surface area contributed by atoms with Crippen LogP contribution in [0.5, 0.6) is 5.75 Å². The zero-order valence-electron chi connectivity index (χ0n) is 7.04. The Morgan fingerprint density at radius 3 is 3.15 bits per heavy atom. The SMILES string of the molecule is NCc1cccc2c1OC(=O)CN2. The molecule has 1 aromatic carbocycles. The molecule has 1 aliphatic rings. The molecule has 0 amide bonds. The molecular formula is C9H10N2O2. The smallest absolute Gasteiger partial charge is 0.330 e. The lowest BCUT2D eigenvalue weighted by atomic mass is 10.1. The quantitative estimate of drug-likeness (QED) is 0.485. The number of nitrogens with one attached hydrogen (secondary N) is 1. The summed E-state index contributed by atoms with van der Waals surface area (Å²) in [5, 5.41) is 2.96. The highest BCUT2D eigenvalue weighted by atomic mass is 16.5. The van der Waals surface area contributed by atoms with Crippen LogP contribution >= 0.6 is 0 Å². The highest BCUT2D eigenvalue weighted by molar-refractivity contribution is 5.84. The summed E-state index contributed by atoms with van der Waals surface area (Å²) in [7, 11) is 0. The van der Waals surface area contributed by atoms with Crippen molar-refractivity contribution < 1.29 is 9.53 Å². The second kappa shape index (κ2) is 3.06. The molecule has 2 rings (SSSR count). The lowest BCUT2D eigenvalue weighted by Gasteiger charge is -2.19. The molecule has 0 saturated carbocycles. The molecule has 13 heavy (non-hydrogen) atoms. The molecule has 0 spiro atoms. The summed E-state index contributed by atoms with van der Waals surface area (Å²) in [6.07, 6.45) is 0. The lowest BCUT2D eigenvalue weighted by molar-refractivity contribution is -0.132. The Balaban J connectivity index is 2.46. The Hall–Kier alpha value is -1.55. The van der Waals surface area contributed by atoms with Gasteiger partial charge in [-0.05, 0) is 6.07 Å². The Morgan fingerprint density at radius 1 is 1.54 bits per heavy atom. The number of carbonyl (C=O) groups excluding carboxylic acids is 1. The molecule has 0 bridgehead atoms. The highest BCUT2D eigenvalue weighted by Crippen LogP contribution is 2.30. The van der Waals surface area contributed by atoms with Gasteiger partial charge < -0.3 is 15.8 Å². The maximum atomic E-state index is 11.0. The van der Waals surface area contributed by atoms with Crippen LogP contribution in [0.3, 0.4) is 0 Å². The van der Waals surface area contributed by atoms with Crippen LogP contribution in [-0.2, 0) is 11.3 Å². The molecule has 3 N–H and O–H groups in total. The van der Waals surface area contributed by atoms with Crippen molar-refractivity contribution in [3.8, 4) is 5.75 Å². The van der Waals surface area contributed by atoms with E-state index in [0.29, 0.717) is 12.3 Å². The fraction of sp³-hybridized carbons (Fsp3) is 0.222. The number of hydrogen-bond acceptors (Lipinski definition) is 4. The molecule has 0 aromatic heterocycles. The van der Waals surface area contributed by atoms with Gasteiger partial charge in [0.25, 0.3) is 0 Å². The number of anilines is 1. The van der Waals surface area contributed by atoms with E-state index in [0.717, 1.165) is 11.3 Å². The molecule has 0 atom stereocenters. The predicted molar refractivity (Wildman–Crippen MR) is 48.5 cm³/mol. The molecule has 1 aromatic rings. The van der Waals surface area contributed by atoms with E-state index in [1.54, 1.807) is 0 Å². The van der Waals surface area contributed by atoms with E-state index in [9.17, 15) is 4.79 Å². The Morgan fingerprint density at radius 2 is 2.38 bits per heavy atom. The molecule has 0 radical (unpaired) electrons. The lowest BCUT2D eigenvalue weighted by Crippen LogP contribution is -2.26. The molecule has 1 aliphatic heterocycles. The van der Waals surface area contributed by atoms with Gasteiger partial charge in [-0.2, -0.15) is 0 Å². The summed E-state index contributed by atoms with van der Waals surface area (Å²) in [4.78, 5) is 11.0.